The highest BCUT2D eigenvalue weighted by atomic mass is 16.3. The zero-order valence-electron chi connectivity index (χ0n) is 10.0. The van der Waals surface area contributed by atoms with Crippen LogP contribution in [0.3, 0.4) is 0 Å². The average molecular weight is 225 g/mol. The minimum atomic E-state index is -0.0522. The van der Waals surface area contributed by atoms with Crippen molar-refractivity contribution >= 4 is 5.91 Å². The summed E-state index contributed by atoms with van der Waals surface area (Å²) >= 11 is 0. The molecule has 0 saturated carbocycles. The molecule has 4 nitrogen and oxygen atoms in total. The molecule has 2 N–H and O–H groups in total. The number of rotatable bonds is 5. The Hall–Kier alpha value is -1.29. The van der Waals surface area contributed by atoms with Gasteiger partial charge in [0.25, 0.3) is 0 Å². The van der Waals surface area contributed by atoms with Crippen molar-refractivity contribution in [2.24, 2.45) is 0 Å². The van der Waals surface area contributed by atoms with Gasteiger partial charge in [0.15, 0.2) is 0 Å². The lowest BCUT2D eigenvalue weighted by Gasteiger charge is -2.12. The lowest BCUT2D eigenvalue weighted by Crippen LogP contribution is -2.26. The summed E-state index contributed by atoms with van der Waals surface area (Å²) in [7, 11) is 0. The first kappa shape index (κ1) is 12.8. The normalized spacial score (nSPS) is 12.5. The minimum absolute atomic E-state index is 0.0418. The van der Waals surface area contributed by atoms with E-state index in [0.717, 1.165) is 17.1 Å². The minimum Gasteiger partial charge on any atom is -0.466 e. The Morgan fingerprint density at radius 2 is 2.25 bits per heavy atom. The molecule has 90 valence electrons. The van der Waals surface area contributed by atoms with E-state index in [1.165, 1.54) is 0 Å². The molecule has 1 aromatic heterocycles. The van der Waals surface area contributed by atoms with Gasteiger partial charge in [-0.3, -0.25) is 4.79 Å². The molecule has 0 bridgehead atoms. The molecular weight excluding hydrogens is 206 g/mol. The molecule has 4 heteroatoms. The van der Waals surface area contributed by atoms with Gasteiger partial charge in [-0.2, -0.15) is 0 Å². The molecule has 1 aromatic rings. The van der Waals surface area contributed by atoms with Crippen LogP contribution in [0.5, 0.6) is 0 Å². The second kappa shape index (κ2) is 5.70. The molecule has 0 aromatic carbocycles. The first-order chi connectivity index (χ1) is 7.54. The summed E-state index contributed by atoms with van der Waals surface area (Å²) in [5.74, 6) is 1.65. The molecular formula is C12H19NO3. The summed E-state index contributed by atoms with van der Waals surface area (Å²) in [6, 6.07) is 1.88. The predicted octanol–water partition coefficient (Wildman–Crippen LogP) is 1.85. The van der Waals surface area contributed by atoms with Crippen molar-refractivity contribution in [1.29, 1.82) is 0 Å². The highest BCUT2D eigenvalue weighted by molar-refractivity contribution is 5.76. The SMILES string of the molecule is Cc1cc(C(C)NC(=O)CCCO)c(C)o1. The molecule has 0 aliphatic heterocycles. The third-order valence-corrected chi connectivity index (χ3v) is 2.49. The van der Waals surface area contributed by atoms with Crippen LogP contribution in [-0.4, -0.2) is 17.6 Å². The monoisotopic (exact) mass is 225 g/mol. The fraction of sp³-hybridized carbons (Fsp3) is 0.583. The molecule has 1 atom stereocenters. The molecule has 0 aliphatic rings. The number of hydrogen-bond acceptors (Lipinski definition) is 3. The highest BCUT2D eigenvalue weighted by Crippen LogP contribution is 2.21. The fourth-order valence-corrected chi connectivity index (χ4v) is 1.71. The molecule has 1 heterocycles. The Bertz CT molecular complexity index is 357. The van der Waals surface area contributed by atoms with E-state index < -0.39 is 0 Å². The van der Waals surface area contributed by atoms with Crippen LogP contribution in [0.15, 0.2) is 10.5 Å². The molecule has 0 saturated heterocycles. The zero-order chi connectivity index (χ0) is 12.1. The van der Waals surface area contributed by atoms with Gasteiger partial charge < -0.3 is 14.8 Å². The van der Waals surface area contributed by atoms with Gasteiger partial charge in [0.1, 0.15) is 11.5 Å². The number of nitrogens with one attached hydrogen (secondary N) is 1. The van der Waals surface area contributed by atoms with E-state index in [-0.39, 0.29) is 18.6 Å². The molecule has 0 fully saturated rings. The molecule has 1 unspecified atom stereocenters. The van der Waals surface area contributed by atoms with Gasteiger partial charge in [-0.05, 0) is 33.3 Å². The van der Waals surface area contributed by atoms with Crippen molar-refractivity contribution in [3.05, 3.63) is 23.2 Å². The van der Waals surface area contributed by atoms with Crippen molar-refractivity contribution < 1.29 is 14.3 Å². The maximum atomic E-state index is 11.5. The van der Waals surface area contributed by atoms with E-state index in [2.05, 4.69) is 5.32 Å². The summed E-state index contributed by atoms with van der Waals surface area (Å²) in [5.41, 5.74) is 1.01. The number of aryl methyl sites for hydroxylation is 2. The largest absolute Gasteiger partial charge is 0.466 e. The van der Waals surface area contributed by atoms with Crippen molar-refractivity contribution in [3.63, 3.8) is 0 Å². The highest BCUT2D eigenvalue weighted by Gasteiger charge is 2.14. The van der Waals surface area contributed by atoms with Crippen LogP contribution >= 0.6 is 0 Å². The number of carbonyl (C=O) groups is 1. The molecule has 16 heavy (non-hydrogen) atoms. The van der Waals surface area contributed by atoms with E-state index in [4.69, 9.17) is 9.52 Å². The molecule has 0 radical (unpaired) electrons. The smallest absolute Gasteiger partial charge is 0.220 e. The number of furan rings is 1. The van der Waals surface area contributed by atoms with Crippen LogP contribution in [0.25, 0.3) is 0 Å². The van der Waals surface area contributed by atoms with E-state index in [0.29, 0.717) is 12.8 Å². The van der Waals surface area contributed by atoms with Crippen LogP contribution in [0.2, 0.25) is 0 Å². The number of amides is 1. The van der Waals surface area contributed by atoms with Crippen molar-refractivity contribution in [1.82, 2.24) is 5.32 Å². The standard InChI is InChI=1S/C12H19NO3/c1-8-7-11(10(3)16-8)9(2)13-12(15)5-4-6-14/h7,9,14H,4-6H2,1-3H3,(H,13,15). The second-order valence-corrected chi connectivity index (χ2v) is 3.98. The number of aliphatic hydroxyl groups excluding tert-OH is 1. The first-order valence-corrected chi connectivity index (χ1v) is 5.51. The molecule has 1 amide bonds. The van der Waals surface area contributed by atoms with E-state index >= 15 is 0 Å². The van der Waals surface area contributed by atoms with Gasteiger partial charge >= 0.3 is 0 Å². The summed E-state index contributed by atoms with van der Waals surface area (Å²) in [5, 5.41) is 11.5. The average Bonchev–Trinajstić information content (AvgIpc) is 2.54. The van der Waals surface area contributed by atoms with Gasteiger partial charge in [-0.1, -0.05) is 0 Å². The Balaban J connectivity index is 2.55. The van der Waals surface area contributed by atoms with Crippen molar-refractivity contribution in [2.75, 3.05) is 6.61 Å². The van der Waals surface area contributed by atoms with Crippen LogP contribution in [0, 0.1) is 13.8 Å². The van der Waals surface area contributed by atoms with Gasteiger partial charge in [0.2, 0.25) is 5.91 Å². The zero-order valence-corrected chi connectivity index (χ0v) is 10.0. The Morgan fingerprint density at radius 3 is 2.75 bits per heavy atom. The molecule has 1 rings (SSSR count). The third kappa shape index (κ3) is 3.38. The van der Waals surface area contributed by atoms with Gasteiger partial charge in [0, 0.05) is 18.6 Å². The van der Waals surface area contributed by atoms with E-state index in [9.17, 15) is 4.79 Å². The van der Waals surface area contributed by atoms with E-state index in [1.807, 2.05) is 26.8 Å². The fourth-order valence-electron chi connectivity index (χ4n) is 1.71. The lowest BCUT2D eigenvalue weighted by molar-refractivity contribution is -0.122. The first-order valence-electron chi connectivity index (χ1n) is 5.51. The summed E-state index contributed by atoms with van der Waals surface area (Å²) in [6.45, 7) is 5.75. The number of hydrogen-bond donors (Lipinski definition) is 2. The van der Waals surface area contributed by atoms with Gasteiger partial charge in [-0.25, -0.2) is 0 Å². The second-order valence-electron chi connectivity index (χ2n) is 3.98. The quantitative estimate of drug-likeness (QED) is 0.803. The van der Waals surface area contributed by atoms with Crippen LogP contribution in [0.4, 0.5) is 0 Å². The predicted molar refractivity (Wildman–Crippen MR) is 61.1 cm³/mol. The Kier molecular flexibility index (Phi) is 4.55. The Morgan fingerprint density at radius 1 is 1.56 bits per heavy atom. The topological polar surface area (TPSA) is 62.5 Å². The van der Waals surface area contributed by atoms with Gasteiger partial charge in [0.05, 0.1) is 6.04 Å². The Labute approximate surface area is 95.7 Å². The molecule has 0 aliphatic carbocycles. The molecule has 0 spiro atoms. The summed E-state index contributed by atoms with van der Waals surface area (Å²) in [4.78, 5) is 11.5. The number of aliphatic hydroxyl groups is 1. The maximum absolute atomic E-state index is 11.5. The van der Waals surface area contributed by atoms with Crippen molar-refractivity contribution in [2.45, 2.75) is 39.7 Å². The van der Waals surface area contributed by atoms with Crippen LogP contribution in [0.1, 0.15) is 42.9 Å². The van der Waals surface area contributed by atoms with E-state index in [1.54, 1.807) is 0 Å². The lowest BCUT2D eigenvalue weighted by atomic mass is 10.1. The summed E-state index contributed by atoms with van der Waals surface area (Å²) in [6.07, 6.45) is 0.860. The van der Waals surface area contributed by atoms with Crippen LogP contribution in [-0.2, 0) is 4.79 Å². The van der Waals surface area contributed by atoms with Crippen LogP contribution < -0.4 is 5.32 Å². The van der Waals surface area contributed by atoms with Gasteiger partial charge in [-0.15, -0.1) is 0 Å². The summed E-state index contributed by atoms with van der Waals surface area (Å²) < 4.78 is 5.41. The number of carbonyl (C=O) groups excluding carboxylic acids is 1. The maximum Gasteiger partial charge on any atom is 0.220 e. The third-order valence-electron chi connectivity index (χ3n) is 2.49. The van der Waals surface area contributed by atoms with Crippen molar-refractivity contribution in [3.8, 4) is 0 Å².